The number of rotatable bonds is 5. The number of carbonyl (C=O) groups excluding carboxylic acids is 1. The Kier molecular flexibility index (Phi) is 4.98. The minimum atomic E-state index is -0.104. The van der Waals surface area contributed by atoms with Crippen LogP contribution in [0, 0.1) is 19.8 Å². The minimum Gasteiger partial charge on any atom is -0.350 e. The van der Waals surface area contributed by atoms with Crippen LogP contribution < -0.4 is 5.32 Å². The molecule has 3 rings (SSSR count). The molecule has 3 aromatic rings. The van der Waals surface area contributed by atoms with Crippen molar-refractivity contribution in [2.24, 2.45) is 13.0 Å². The third kappa shape index (κ3) is 3.57. The molecular formula is C21H26N4O. The van der Waals surface area contributed by atoms with Crippen molar-refractivity contribution in [1.29, 1.82) is 0 Å². The molecule has 0 fully saturated rings. The number of amides is 1. The van der Waals surface area contributed by atoms with Gasteiger partial charge >= 0.3 is 0 Å². The van der Waals surface area contributed by atoms with Gasteiger partial charge in [-0.2, -0.15) is 5.10 Å². The van der Waals surface area contributed by atoms with Crippen LogP contribution in [0.25, 0.3) is 17.1 Å². The molecule has 1 N–H and O–H groups in total. The van der Waals surface area contributed by atoms with Crippen LogP contribution >= 0.6 is 0 Å². The zero-order valence-corrected chi connectivity index (χ0v) is 16.1. The number of hydrogen-bond donors (Lipinski definition) is 1. The average Bonchev–Trinajstić information content (AvgIpc) is 3.21. The van der Waals surface area contributed by atoms with E-state index in [4.69, 9.17) is 5.10 Å². The van der Waals surface area contributed by atoms with Crippen LogP contribution in [0.3, 0.4) is 0 Å². The van der Waals surface area contributed by atoms with Gasteiger partial charge in [0, 0.05) is 19.8 Å². The summed E-state index contributed by atoms with van der Waals surface area (Å²) >= 11 is 0. The number of nitrogens with zero attached hydrogens (tertiary/aromatic N) is 3. The average molecular weight is 350 g/mol. The van der Waals surface area contributed by atoms with Gasteiger partial charge in [0.15, 0.2) is 0 Å². The molecular weight excluding hydrogens is 324 g/mol. The Morgan fingerprint density at radius 2 is 1.96 bits per heavy atom. The molecule has 1 aromatic carbocycles. The highest BCUT2D eigenvalue weighted by Crippen LogP contribution is 2.24. The molecule has 2 heterocycles. The summed E-state index contributed by atoms with van der Waals surface area (Å²) in [5.41, 5.74) is 5.46. The Morgan fingerprint density at radius 3 is 2.62 bits per heavy atom. The summed E-state index contributed by atoms with van der Waals surface area (Å²) in [5, 5.41) is 7.78. The quantitative estimate of drug-likeness (QED) is 0.759. The Hall–Kier alpha value is -2.82. The van der Waals surface area contributed by atoms with Gasteiger partial charge in [-0.25, -0.2) is 4.68 Å². The van der Waals surface area contributed by atoms with Crippen LogP contribution in [0.1, 0.15) is 35.5 Å². The van der Waals surface area contributed by atoms with Crippen molar-refractivity contribution < 1.29 is 4.79 Å². The summed E-state index contributed by atoms with van der Waals surface area (Å²) in [6.07, 6.45) is 1.98. The molecule has 1 amide bonds. The number of aromatic nitrogens is 3. The van der Waals surface area contributed by atoms with Crippen LogP contribution in [-0.4, -0.2) is 26.8 Å². The molecule has 0 radical (unpaired) electrons. The summed E-state index contributed by atoms with van der Waals surface area (Å²) < 4.78 is 3.77. The zero-order chi connectivity index (χ0) is 18.8. The fourth-order valence-electron chi connectivity index (χ4n) is 2.91. The fraction of sp³-hybridized carbons (Fsp3) is 0.333. The van der Waals surface area contributed by atoms with Crippen molar-refractivity contribution in [2.45, 2.75) is 27.7 Å². The molecule has 0 saturated carbocycles. The highest BCUT2D eigenvalue weighted by molar-refractivity contribution is 5.94. The summed E-state index contributed by atoms with van der Waals surface area (Å²) in [6.45, 7) is 8.88. The molecule has 26 heavy (non-hydrogen) atoms. The molecule has 5 nitrogen and oxygen atoms in total. The second-order valence-corrected chi connectivity index (χ2v) is 7.22. The maximum atomic E-state index is 12.8. The molecule has 0 spiro atoms. The number of aryl methyl sites for hydroxylation is 3. The molecule has 0 saturated heterocycles. The lowest BCUT2D eigenvalue weighted by atomic mass is 10.1. The molecule has 0 bridgehead atoms. The minimum absolute atomic E-state index is 0.104. The molecule has 0 aliphatic heterocycles. The Balaban J connectivity index is 2.11. The predicted molar refractivity (Wildman–Crippen MR) is 105 cm³/mol. The van der Waals surface area contributed by atoms with E-state index >= 15 is 0 Å². The van der Waals surface area contributed by atoms with Gasteiger partial charge in [0.05, 0.1) is 11.4 Å². The van der Waals surface area contributed by atoms with E-state index in [9.17, 15) is 4.79 Å². The number of benzene rings is 1. The second-order valence-electron chi connectivity index (χ2n) is 7.22. The van der Waals surface area contributed by atoms with Gasteiger partial charge in [-0.15, -0.1) is 0 Å². The van der Waals surface area contributed by atoms with E-state index in [1.165, 1.54) is 0 Å². The van der Waals surface area contributed by atoms with Crippen molar-refractivity contribution in [3.63, 3.8) is 0 Å². The van der Waals surface area contributed by atoms with Gasteiger partial charge in [-0.3, -0.25) is 4.79 Å². The lowest BCUT2D eigenvalue weighted by Crippen LogP contribution is -2.29. The summed E-state index contributed by atoms with van der Waals surface area (Å²) in [7, 11) is 1.98. The zero-order valence-electron chi connectivity index (χ0n) is 16.1. The van der Waals surface area contributed by atoms with E-state index in [1.54, 1.807) is 4.68 Å². The maximum absolute atomic E-state index is 12.8. The molecule has 5 heteroatoms. The molecule has 0 aliphatic carbocycles. The summed E-state index contributed by atoms with van der Waals surface area (Å²) in [4.78, 5) is 12.8. The van der Waals surface area contributed by atoms with Crippen molar-refractivity contribution in [3.8, 4) is 17.1 Å². The monoisotopic (exact) mass is 350 g/mol. The number of nitrogens with one attached hydrogen (secondary N) is 1. The largest absolute Gasteiger partial charge is 0.350 e. The normalized spacial score (nSPS) is 11.2. The van der Waals surface area contributed by atoms with Crippen molar-refractivity contribution in [2.75, 3.05) is 6.54 Å². The predicted octanol–water partition coefficient (Wildman–Crippen LogP) is 3.88. The Morgan fingerprint density at radius 1 is 1.19 bits per heavy atom. The van der Waals surface area contributed by atoms with E-state index in [0.717, 1.165) is 28.2 Å². The van der Waals surface area contributed by atoms with E-state index in [2.05, 4.69) is 37.4 Å². The Labute approximate surface area is 154 Å². The van der Waals surface area contributed by atoms with Gasteiger partial charge in [0.1, 0.15) is 11.4 Å². The first-order valence-corrected chi connectivity index (χ1v) is 8.94. The van der Waals surface area contributed by atoms with Crippen molar-refractivity contribution in [1.82, 2.24) is 19.7 Å². The van der Waals surface area contributed by atoms with Crippen LogP contribution in [0.5, 0.6) is 0 Å². The summed E-state index contributed by atoms with van der Waals surface area (Å²) in [6, 6.07) is 12.0. The van der Waals surface area contributed by atoms with Crippen LogP contribution in [-0.2, 0) is 7.05 Å². The SMILES string of the molecule is Cc1ccc(C)c(-n2nc(-c3cccn3C)cc2C(=O)NCC(C)C)c1. The van der Waals surface area contributed by atoms with Gasteiger partial charge in [-0.05, 0) is 55.2 Å². The number of hydrogen-bond acceptors (Lipinski definition) is 2. The molecule has 0 aliphatic rings. The third-order valence-electron chi connectivity index (χ3n) is 4.41. The highest BCUT2D eigenvalue weighted by atomic mass is 16.2. The van der Waals surface area contributed by atoms with E-state index < -0.39 is 0 Å². The van der Waals surface area contributed by atoms with Crippen LogP contribution in [0.15, 0.2) is 42.6 Å². The standard InChI is InChI=1S/C21H26N4O/c1-14(2)13-22-21(26)20-12-17(18-7-6-10-24(18)5)23-25(20)19-11-15(3)8-9-16(19)4/h6-12,14H,13H2,1-5H3,(H,22,26). The van der Waals surface area contributed by atoms with Crippen molar-refractivity contribution in [3.05, 3.63) is 59.4 Å². The lowest BCUT2D eigenvalue weighted by molar-refractivity contribution is 0.0941. The molecule has 0 atom stereocenters. The first-order valence-electron chi connectivity index (χ1n) is 8.94. The number of carbonyl (C=O) groups is 1. The van der Waals surface area contributed by atoms with Crippen LogP contribution in [0.2, 0.25) is 0 Å². The van der Waals surface area contributed by atoms with Gasteiger partial charge < -0.3 is 9.88 Å². The molecule has 0 unspecified atom stereocenters. The summed E-state index contributed by atoms with van der Waals surface area (Å²) in [5.74, 6) is 0.288. The maximum Gasteiger partial charge on any atom is 0.270 e. The van der Waals surface area contributed by atoms with E-state index in [0.29, 0.717) is 18.2 Å². The first kappa shape index (κ1) is 18.0. The van der Waals surface area contributed by atoms with E-state index in [1.807, 2.05) is 49.9 Å². The Bertz CT molecular complexity index is 933. The second kappa shape index (κ2) is 7.20. The first-order chi connectivity index (χ1) is 12.4. The topological polar surface area (TPSA) is 51.9 Å². The lowest BCUT2D eigenvalue weighted by Gasteiger charge is -2.12. The fourth-order valence-corrected chi connectivity index (χ4v) is 2.91. The van der Waals surface area contributed by atoms with Crippen LogP contribution in [0.4, 0.5) is 0 Å². The smallest absolute Gasteiger partial charge is 0.270 e. The van der Waals surface area contributed by atoms with Gasteiger partial charge in [0.2, 0.25) is 0 Å². The van der Waals surface area contributed by atoms with Gasteiger partial charge in [0.25, 0.3) is 5.91 Å². The highest BCUT2D eigenvalue weighted by Gasteiger charge is 2.19. The third-order valence-corrected chi connectivity index (χ3v) is 4.41. The molecule has 136 valence electrons. The molecule has 2 aromatic heterocycles. The van der Waals surface area contributed by atoms with Crippen molar-refractivity contribution >= 4 is 5.91 Å². The van der Waals surface area contributed by atoms with E-state index in [-0.39, 0.29) is 5.91 Å². The van der Waals surface area contributed by atoms with Gasteiger partial charge in [-0.1, -0.05) is 26.0 Å².